The van der Waals surface area contributed by atoms with Gasteiger partial charge in [0.15, 0.2) is 0 Å². The molecule has 0 saturated heterocycles. The molecule has 0 amide bonds. The van der Waals surface area contributed by atoms with Gasteiger partial charge in [-0.2, -0.15) is 0 Å². The highest BCUT2D eigenvalue weighted by Gasteiger charge is 2.05. The molecule has 0 fully saturated rings. The van der Waals surface area contributed by atoms with Gasteiger partial charge in [-0.1, -0.05) is 12.1 Å². The first-order chi connectivity index (χ1) is 9.60. The average Bonchev–Trinajstić information content (AvgIpc) is 2.46. The van der Waals surface area contributed by atoms with Gasteiger partial charge in [0.2, 0.25) is 0 Å². The molecule has 0 atom stereocenters. The molecule has 0 saturated carbocycles. The van der Waals surface area contributed by atoms with Crippen LogP contribution < -0.4 is 5.32 Å². The summed E-state index contributed by atoms with van der Waals surface area (Å²) < 4.78 is 18.5. The Bertz CT molecular complexity index is 614. The topological polar surface area (TPSA) is 38.3 Å². The van der Waals surface area contributed by atoms with Gasteiger partial charge in [-0.15, -0.1) is 0 Å². The van der Waals surface area contributed by atoms with Gasteiger partial charge < -0.3 is 10.1 Å². The van der Waals surface area contributed by atoms with Crippen molar-refractivity contribution in [3.63, 3.8) is 0 Å². The van der Waals surface area contributed by atoms with Crippen molar-refractivity contribution in [2.45, 2.75) is 6.54 Å². The van der Waals surface area contributed by atoms with Gasteiger partial charge in [0.25, 0.3) is 0 Å². The highest BCUT2D eigenvalue weighted by Crippen LogP contribution is 2.19. The predicted octanol–water partition coefficient (Wildman–Crippen LogP) is 3.83. The van der Waals surface area contributed by atoms with Gasteiger partial charge in [-0.25, -0.2) is 9.18 Å². The van der Waals surface area contributed by atoms with Crippen LogP contribution in [0.2, 0.25) is 0 Å². The molecule has 0 heterocycles. The smallest absolute Gasteiger partial charge is 0.337 e. The van der Waals surface area contributed by atoms with E-state index in [4.69, 9.17) is 0 Å². The summed E-state index contributed by atoms with van der Waals surface area (Å²) in [4.78, 5) is 11.3. The van der Waals surface area contributed by atoms with Crippen LogP contribution in [-0.4, -0.2) is 13.1 Å². The first-order valence-electron chi connectivity index (χ1n) is 5.96. The third-order valence-electron chi connectivity index (χ3n) is 2.79. The van der Waals surface area contributed by atoms with Crippen molar-refractivity contribution in [2.75, 3.05) is 12.4 Å². The maximum absolute atomic E-state index is 13.0. The number of benzene rings is 2. The van der Waals surface area contributed by atoms with Crippen LogP contribution in [-0.2, 0) is 11.3 Å². The molecule has 0 aromatic heterocycles. The lowest BCUT2D eigenvalue weighted by Crippen LogP contribution is -2.03. The van der Waals surface area contributed by atoms with Crippen molar-refractivity contribution in [1.29, 1.82) is 0 Å². The molecule has 2 aromatic rings. The molecule has 2 rings (SSSR count). The lowest BCUT2D eigenvalue weighted by atomic mass is 10.1. The molecule has 5 heteroatoms. The van der Waals surface area contributed by atoms with Crippen molar-refractivity contribution in [1.82, 2.24) is 0 Å². The molecule has 20 heavy (non-hydrogen) atoms. The summed E-state index contributed by atoms with van der Waals surface area (Å²) in [6.45, 7) is 0.600. The maximum Gasteiger partial charge on any atom is 0.337 e. The van der Waals surface area contributed by atoms with E-state index in [0.29, 0.717) is 12.1 Å². The molecule has 104 valence electrons. The van der Waals surface area contributed by atoms with E-state index in [1.54, 1.807) is 18.2 Å². The van der Waals surface area contributed by atoms with Crippen LogP contribution in [0.5, 0.6) is 0 Å². The number of halogens is 2. The molecule has 1 N–H and O–H groups in total. The summed E-state index contributed by atoms with van der Waals surface area (Å²) in [5.74, 6) is -0.597. The third-order valence-corrected chi connectivity index (χ3v) is 3.68. The number of nitrogens with one attached hydrogen (secondary N) is 1. The SMILES string of the molecule is COC(=O)c1ccc(CNc2ccc(F)cc2I)cc1. The summed E-state index contributed by atoms with van der Waals surface area (Å²) in [6.07, 6.45) is 0. The number of carbonyl (C=O) groups excluding carboxylic acids is 1. The average molecular weight is 385 g/mol. The minimum atomic E-state index is -0.349. The maximum atomic E-state index is 13.0. The van der Waals surface area contributed by atoms with E-state index in [-0.39, 0.29) is 11.8 Å². The van der Waals surface area contributed by atoms with E-state index in [9.17, 15) is 9.18 Å². The van der Waals surface area contributed by atoms with E-state index < -0.39 is 0 Å². The molecule has 0 aliphatic carbocycles. The van der Waals surface area contributed by atoms with Crippen LogP contribution in [0.1, 0.15) is 15.9 Å². The Kier molecular flexibility index (Phi) is 4.94. The largest absolute Gasteiger partial charge is 0.465 e. The van der Waals surface area contributed by atoms with Gasteiger partial charge >= 0.3 is 5.97 Å². The fraction of sp³-hybridized carbons (Fsp3) is 0.133. The molecular formula is C15H13FINO2. The number of hydrogen-bond acceptors (Lipinski definition) is 3. The number of hydrogen-bond donors (Lipinski definition) is 1. The standard InChI is InChI=1S/C15H13FINO2/c1-20-15(19)11-4-2-10(3-5-11)9-18-14-7-6-12(16)8-13(14)17/h2-8,18H,9H2,1H3. The Morgan fingerprint density at radius 1 is 1.25 bits per heavy atom. The minimum absolute atomic E-state index is 0.248. The number of esters is 1. The van der Waals surface area contributed by atoms with Crippen molar-refractivity contribution < 1.29 is 13.9 Å². The first-order valence-corrected chi connectivity index (χ1v) is 7.04. The van der Waals surface area contributed by atoms with E-state index >= 15 is 0 Å². The second-order valence-electron chi connectivity index (χ2n) is 4.17. The highest BCUT2D eigenvalue weighted by atomic mass is 127. The number of carbonyl (C=O) groups is 1. The van der Waals surface area contributed by atoms with Crippen molar-refractivity contribution in [2.24, 2.45) is 0 Å². The van der Waals surface area contributed by atoms with Crippen LogP contribution in [0.4, 0.5) is 10.1 Å². The summed E-state index contributed by atoms with van der Waals surface area (Å²) in [7, 11) is 1.36. The monoisotopic (exact) mass is 385 g/mol. The van der Waals surface area contributed by atoms with Gasteiger partial charge in [-0.3, -0.25) is 0 Å². The van der Waals surface area contributed by atoms with Crippen LogP contribution in [0.25, 0.3) is 0 Å². The number of anilines is 1. The number of ether oxygens (including phenoxy) is 1. The Hall–Kier alpha value is -1.63. The van der Waals surface area contributed by atoms with Crippen LogP contribution >= 0.6 is 22.6 Å². The Balaban J connectivity index is 2.02. The summed E-state index contributed by atoms with van der Waals surface area (Å²) in [5.41, 5.74) is 2.43. The lowest BCUT2D eigenvalue weighted by Gasteiger charge is -2.09. The second kappa shape index (κ2) is 6.69. The Labute approximate surface area is 130 Å². The zero-order valence-corrected chi connectivity index (χ0v) is 13.0. The molecule has 0 unspecified atom stereocenters. The molecule has 0 spiro atoms. The van der Waals surface area contributed by atoms with Gasteiger partial charge in [0.05, 0.1) is 12.7 Å². The second-order valence-corrected chi connectivity index (χ2v) is 5.33. The van der Waals surface area contributed by atoms with E-state index in [1.165, 1.54) is 19.2 Å². The zero-order valence-electron chi connectivity index (χ0n) is 10.8. The van der Waals surface area contributed by atoms with Gasteiger partial charge in [-0.05, 0) is 58.5 Å². The summed E-state index contributed by atoms with van der Waals surface area (Å²) in [6, 6.07) is 11.8. The third kappa shape index (κ3) is 3.69. The molecular weight excluding hydrogens is 372 g/mol. The Morgan fingerprint density at radius 2 is 1.95 bits per heavy atom. The number of methoxy groups -OCH3 is 1. The molecule has 0 aliphatic heterocycles. The molecule has 0 bridgehead atoms. The quantitative estimate of drug-likeness (QED) is 0.642. The fourth-order valence-corrected chi connectivity index (χ4v) is 2.37. The van der Waals surface area contributed by atoms with E-state index in [1.807, 2.05) is 12.1 Å². The highest BCUT2D eigenvalue weighted by molar-refractivity contribution is 14.1. The minimum Gasteiger partial charge on any atom is -0.465 e. The lowest BCUT2D eigenvalue weighted by molar-refractivity contribution is 0.0600. The van der Waals surface area contributed by atoms with Crippen LogP contribution in [0, 0.1) is 9.39 Å². The zero-order chi connectivity index (χ0) is 14.5. The van der Waals surface area contributed by atoms with Gasteiger partial charge in [0.1, 0.15) is 5.82 Å². The van der Waals surface area contributed by atoms with Crippen LogP contribution in [0.3, 0.4) is 0 Å². The van der Waals surface area contributed by atoms with Gasteiger partial charge in [0, 0.05) is 15.8 Å². The Morgan fingerprint density at radius 3 is 2.55 bits per heavy atom. The number of rotatable bonds is 4. The van der Waals surface area contributed by atoms with Crippen molar-refractivity contribution in [3.05, 3.63) is 63.0 Å². The molecule has 0 radical (unpaired) electrons. The van der Waals surface area contributed by atoms with Crippen molar-refractivity contribution >= 4 is 34.2 Å². The predicted molar refractivity (Wildman–Crippen MR) is 84.2 cm³/mol. The molecule has 2 aromatic carbocycles. The van der Waals surface area contributed by atoms with Crippen molar-refractivity contribution in [3.8, 4) is 0 Å². The fourth-order valence-electron chi connectivity index (χ4n) is 1.71. The van der Waals surface area contributed by atoms with E-state index in [2.05, 4.69) is 32.6 Å². The van der Waals surface area contributed by atoms with Crippen LogP contribution in [0.15, 0.2) is 42.5 Å². The summed E-state index contributed by atoms with van der Waals surface area (Å²) in [5, 5.41) is 3.23. The molecule has 0 aliphatic rings. The summed E-state index contributed by atoms with van der Waals surface area (Å²) >= 11 is 2.08. The van der Waals surface area contributed by atoms with E-state index in [0.717, 1.165) is 14.8 Å². The normalized spacial score (nSPS) is 10.2. The molecule has 3 nitrogen and oxygen atoms in total. The first kappa shape index (κ1) is 14.8.